The van der Waals surface area contributed by atoms with Gasteiger partial charge in [-0.2, -0.15) is 0 Å². The molecule has 3 aromatic rings. The minimum Gasteiger partial charge on any atom is -0.497 e. The average molecular weight is 400 g/mol. The molecule has 2 aliphatic heterocycles. The molecule has 0 radical (unpaired) electrons. The lowest BCUT2D eigenvalue weighted by Crippen LogP contribution is -2.33. The fourth-order valence-corrected chi connectivity index (χ4v) is 4.49. The molecule has 1 fully saturated rings. The summed E-state index contributed by atoms with van der Waals surface area (Å²) in [5.41, 5.74) is 3.62. The number of hydrogen-bond acceptors (Lipinski definition) is 4. The van der Waals surface area contributed by atoms with Crippen LogP contribution < -0.4 is 9.47 Å². The quantitative estimate of drug-likeness (QED) is 0.583. The van der Waals surface area contributed by atoms with Gasteiger partial charge in [0, 0.05) is 23.1 Å². The van der Waals surface area contributed by atoms with Crippen LogP contribution in [0.15, 0.2) is 78.9 Å². The Morgan fingerprint density at radius 2 is 1.50 bits per heavy atom. The van der Waals surface area contributed by atoms with Gasteiger partial charge in [-0.1, -0.05) is 54.6 Å². The molecule has 2 aliphatic rings. The molecule has 0 N–H and O–H groups in total. The van der Waals surface area contributed by atoms with Gasteiger partial charge >= 0.3 is 0 Å². The van der Waals surface area contributed by atoms with Gasteiger partial charge in [0.2, 0.25) is 0 Å². The van der Waals surface area contributed by atoms with Crippen molar-refractivity contribution >= 4 is 11.3 Å². The second-order valence-electron chi connectivity index (χ2n) is 7.57. The van der Waals surface area contributed by atoms with Crippen LogP contribution in [0.4, 0.5) is 0 Å². The zero-order valence-corrected chi connectivity index (χ0v) is 17.1. The molecular weight excluding hydrogens is 376 g/mol. The average Bonchev–Trinajstić information content (AvgIpc) is 3.37. The Balaban J connectivity index is 1.70. The third kappa shape index (κ3) is 2.96. The molecule has 0 saturated carbocycles. The molecule has 4 heteroatoms. The maximum Gasteiger partial charge on any atom is 0.167 e. The first-order chi connectivity index (χ1) is 14.7. The van der Waals surface area contributed by atoms with E-state index in [1.165, 1.54) is 0 Å². The fourth-order valence-electron chi connectivity index (χ4n) is 4.49. The van der Waals surface area contributed by atoms with Crippen molar-refractivity contribution in [2.24, 2.45) is 0 Å². The SMILES string of the molecule is COc1cccc(C2=C(c3ccccc3)O[C@@]3(c4cccc(OC)c4)CCO[C@@H]23)c1. The minimum atomic E-state index is -0.585. The van der Waals surface area contributed by atoms with Crippen LogP contribution in [-0.4, -0.2) is 26.9 Å². The Bertz CT molecular complexity index is 1090. The van der Waals surface area contributed by atoms with Crippen LogP contribution in [0.5, 0.6) is 11.5 Å². The summed E-state index contributed by atoms with van der Waals surface area (Å²) in [7, 11) is 3.37. The summed E-state index contributed by atoms with van der Waals surface area (Å²) in [5, 5.41) is 0. The van der Waals surface area contributed by atoms with Crippen LogP contribution >= 0.6 is 0 Å². The summed E-state index contributed by atoms with van der Waals surface area (Å²) in [6.07, 6.45) is 0.557. The second kappa shape index (κ2) is 7.54. The van der Waals surface area contributed by atoms with Crippen molar-refractivity contribution in [1.29, 1.82) is 0 Å². The van der Waals surface area contributed by atoms with Crippen LogP contribution in [0.1, 0.15) is 23.1 Å². The zero-order chi connectivity index (χ0) is 20.6. The van der Waals surface area contributed by atoms with Crippen molar-refractivity contribution in [2.75, 3.05) is 20.8 Å². The summed E-state index contributed by atoms with van der Waals surface area (Å²) in [6.45, 7) is 0.636. The maximum absolute atomic E-state index is 6.84. The lowest BCUT2D eigenvalue weighted by Gasteiger charge is -2.29. The number of methoxy groups -OCH3 is 2. The Morgan fingerprint density at radius 1 is 0.800 bits per heavy atom. The fraction of sp³-hybridized carbons (Fsp3) is 0.231. The predicted molar refractivity (Wildman–Crippen MR) is 116 cm³/mol. The van der Waals surface area contributed by atoms with Gasteiger partial charge in [0.15, 0.2) is 5.60 Å². The first-order valence-electron chi connectivity index (χ1n) is 10.1. The van der Waals surface area contributed by atoms with Crippen molar-refractivity contribution in [2.45, 2.75) is 18.1 Å². The normalized spacial score (nSPS) is 22.5. The predicted octanol–water partition coefficient (Wildman–Crippen LogP) is 5.29. The molecule has 4 nitrogen and oxygen atoms in total. The van der Waals surface area contributed by atoms with E-state index < -0.39 is 5.60 Å². The van der Waals surface area contributed by atoms with Gasteiger partial charge in [0.25, 0.3) is 0 Å². The number of rotatable bonds is 5. The van der Waals surface area contributed by atoms with E-state index >= 15 is 0 Å². The molecule has 0 amide bonds. The molecule has 30 heavy (non-hydrogen) atoms. The van der Waals surface area contributed by atoms with E-state index in [0.717, 1.165) is 45.9 Å². The summed E-state index contributed by atoms with van der Waals surface area (Å²) in [6, 6.07) is 26.4. The van der Waals surface area contributed by atoms with Gasteiger partial charge in [-0.3, -0.25) is 0 Å². The number of hydrogen-bond donors (Lipinski definition) is 0. The molecule has 0 spiro atoms. The molecule has 0 bridgehead atoms. The van der Waals surface area contributed by atoms with Crippen LogP contribution in [0.2, 0.25) is 0 Å². The Labute approximate surface area is 176 Å². The van der Waals surface area contributed by atoms with Gasteiger partial charge in [-0.15, -0.1) is 0 Å². The van der Waals surface area contributed by atoms with E-state index in [2.05, 4.69) is 30.3 Å². The van der Waals surface area contributed by atoms with Gasteiger partial charge in [0.05, 0.1) is 20.8 Å². The molecule has 2 heterocycles. The molecular formula is C26H24O4. The molecule has 1 saturated heterocycles. The molecule has 0 unspecified atom stereocenters. The summed E-state index contributed by atoms with van der Waals surface area (Å²) >= 11 is 0. The third-order valence-electron chi connectivity index (χ3n) is 5.95. The molecule has 3 aromatic carbocycles. The van der Waals surface area contributed by atoms with Gasteiger partial charge in [-0.25, -0.2) is 0 Å². The van der Waals surface area contributed by atoms with Crippen molar-refractivity contribution in [3.05, 3.63) is 95.6 Å². The topological polar surface area (TPSA) is 36.9 Å². The lowest BCUT2D eigenvalue weighted by atomic mass is 9.83. The second-order valence-corrected chi connectivity index (χ2v) is 7.57. The summed E-state index contributed by atoms with van der Waals surface area (Å²) in [5.74, 6) is 2.48. The summed E-state index contributed by atoms with van der Waals surface area (Å²) in [4.78, 5) is 0. The number of benzene rings is 3. The van der Waals surface area contributed by atoms with Gasteiger partial charge < -0.3 is 18.9 Å². The van der Waals surface area contributed by atoms with E-state index in [4.69, 9.17) is 18.9 Å². The summed E-state index contributed by atoms with van der Waals surface area (Å²) < 4.78 is 24.2. The molecule has 0 aromatic heterocycles. The van der Waals surface area contributed by atoms with Crippen molar-refractivity contribution in [3.8, 4) is 11.5 Å². The van der Waals surface area contributed by atoms with Crippen molar-refractivity contribution < 1.29 is 18.9 Å². The standard InChI is InChI=1S/C26H24O4/c1-27-21-12-6-10-19(16-21)23-24(18-8-4-3-5-9-18)30-26(14-15-29-25(23)26)20-11-7-13-22(17-20)28-2/h3-13,16-17,25H,14-15H2,1-2H3/t25-,26+/m0/s1. The van der Waals surface area contributed by atoms with Crippen molar-refractivity contribution in [1.82, 2.24) is 0 Å². The Morgan fingerprint density at radius 3 is 2.27 bits per heavy atom. The molecule has 152 valence electrons. The highest BCUT2D eigenvalue weighted by molar-refractivity contribution is 5.93. The highest BCUT2D eigenvalue weighted by Gasteiger charge is 2.56. The van der Waals surface area contributed by atoms with Crippen LogP contribution in [0, 0.1) is 0 Å². The van der Waals surface area contributed by atoms with Crippen LogP contribution in [0.25, 0.3) is 11.3 Å². The molecule has 0 aliphatic carbocycles. The van der Waals surface area contributed by atoms with Gasteiger partial charge in [0.1, 0.15) is 23.4 Å². The lowest BCUT2D eigenvalue weighted by molar-refractivity contribution is 0.00940. The Kier molecular flexibility index (Phi) is 4.72. The monoisotopic (exact) mass is 400 g/mol. The highest BCUT2D eigenvalue weighted by atomic mass is 16.6. The van der Waals surface area contributed by atoms with E-state index in [1.54, 1.807) is 14.2 Å². The molecule has 2 atom stereocenters. The zero-order valence-electron chi connectivity index (χ0n) is 17.1. The van der Waals surface area contributed by atoms with E-state index in [-0.39, 0.29) is 6.10 Å². The van der Waals surface area contributed by atoms with Crippen molar-refractivity contribution in [3.63, 3.8) is 0 Å². The van der Waals surface area contributed by atoms with Gasteiger partial charge in [-0.05, 0) is 29.8 Å². The minimum absolute atomic E-state index is 0.216. The first-order valence-corrected chi connectivity index (χ1v) is 10.1. The maximum atomic E-state index is 6.84. The van der Waals surface area contributed by atoms with E-state index in [1.807, 2.05) is 48.5 Å². The molecule has 5 rings (SSSR count). The largest absolute Gasteiger partial charge is 0.497 e. The third-order valence-corrected chi connectivity index (χ3v) is 5.95. The Hall–Kier alpha value is -3.24. The highest BCUT2D eigenvalue weighted by Crippen LogP contribution is 2.55. The smallest absolute Gasteiger partial charge is 0.167 e. The number of ether oxygens (including phenoxy) is 4. The van der Waals surface area contributed by atoms with Crippen LogP contribution in [0.3, 0.4) is 0 Å². The van der Waals surface area contributed by atoms with E-state index in [0.29, 0.717) is 6.61 Å². The number of fused-ring (bicyclic) bond motifs is 1. The van der Waals surface area contributed by atoms with Crippen LogP contribution in [-0.2, 0) is 15.1 Å². The van der Waals surface area contributed by atoms with E-state index in [9.17, 15) is 0 Å². The first kappa shape index (κ1) is 18.8.